The number of fused-ring (bicyclic) bond motifs is 2. The Morgan fingerprint density at radius 3 is 1.41 bits per heavy atom. The van der Waals surface area contributed by atoms with E-state index in [0.29, 0.717) is 16.5 Å². The van der Waals surface area contributed by atoms with Gasteiger partial charge in [-0.1, -0.05) is 139 Å². The average molecular weight is 714 g/mol. The van der Waals surface area contributed by atoms with Crippen molar-refractivity contribution in [3.63, 3.8) is 0 Å². The number of hydrogen-bond acceptors (Lipinski definition) is 4. The van der Waals surface area contributed by atoms with Crippen LogP contribution in [0.1, 0.15) is 123 Å². The molecule has 1 aliphatic rings. The van der Waals surface area contributed by atoms with E-state index in [-0.39, 0.29) is 0 Å². The zero-order chi connectivity index (χ0) is 37.0. The van der Waals surface area contributed by atoms with Gasteiger partial charge in [-0.3, -0.25) is 0 Å². The minimum Gasteiger partial charge on any atom is -0.386 e. The summed E-state index contributed by atoms with van der Waals surface area (Å²) in [4.78, 5) is 28.1. The zero-order valence-electron chi connectivity index (χ0n) is 31.9. The molecule has 0 N–H and O–H groups in total. The third kappa shape index (κ3) is 6.83. The summed E-state index contributed by atoms with van der Waals surface area (Å²) < 4.78 is 5.09. The maximum atomic E-state index is 12.8. The standard InChI is InChI=1S/C50H51NO3/c1-3-5-7-9-11-13-16-34-20-24-36(25-21-34)51(37-26-22-35(23-27-37)17-14-12-10-8-6-4-2)45-33-32-39-41-29-31-44-48-43(49(52)54-50(44)53)30-28-40(47(41)48)38-18-15-19-42(45)46(38)39/h15,18-33H,3-14,16-17H2,1-2H3. The topological polar surface area (TPSA) is 46.6 Å². The van der Waals surface area contributed by atoms with Crippen LogP contribution in [0.4, 0.5) is 17.1 Å². The normalized spacial score (nSPS) is 12.8. The second-order valence-corrected chi connectivity index (χ2v) is 15.3. The third-order valence-corrected chi connectivity index (χ3v) is 11.7. The molecule has 0 spiro atoms. The van der Waals surface area contributed by atoms with Crippen LogP contribution in [0.2, 0.25) is 0 Å². The highest BCUT2D eigenvalue weighted by Crippen LogP contribution is 2.47. The Morgan fingerprint density at radius 1 is 0.426 bits per heavy atom. The molecule has 0 aromatic heterocycles. The van der Waals surface area contributed by atoms with E-state index in [4.69, 9.17) is 4.74 Å². The molecule has 0 bridgehead atoms. The Morgan fingerprint density at radius 2 is 0.870 bits per heavy atom. The summed E-state index contributed by atoms with van der Waals surface area (Å²) in [5, 5.41) is 8.27. The van der Waals surface area contributed by atoms with Crippen LogP contribution in [-0.4, -0.2) is 11.9 Å². The molecule has 0 fully saturated rings. The first-order chi connectivity index (χ1) is 26.6. The Kier molecular flexibility index (Phi) is 10.6. The van der Waals surface area contributed by atoms with Gasteiger partial charge in [-0.25, -0.2) is 9.59 Å². The number of ether oxygens (including phenoxy) is 1. The molecule has 4 heteroatoms. The van der Waals surface area contributed by atoms with E-state index >= 15 is 0 Å². The number of unbranched alkanes of at least 4 members (excludes halogenated alkanes) is 10. The number of benzene rings is 7. The maximum Gasteiger partial charge on any atom is 0.346 e. The van der Waals surface area contributed by atoms with E-state index in [2.05, 4.69) is 97.6 Å². The molecule has 7 aromatic carbocycles. The van der Waals surface area contributed by atoms with Crippen LogP contribution < -0.4 is 4.90 Å². The zero-order valence-corrected chi connectivity index (χ0v) is 31.9. The first-order valence-electron chi connectivity index (χ1n) is 20.5. The quantitative estimate of drug-likeness (QED) is 0.0310. The van der Waals surface area contributed by atoms with E-state index in [1.165, 1.54) is 93.6 Å². The predicted molar refractivity (Wildman–Crippen MR) is 226 cm³/mol. The highest BCUT2D eigenvalue weighted by Gasteiger charge is 2.30. The van der Waals surface area contributed by atoms with Crippen molar-refractivity contribution < 1.29 is 14.3 Å². The Labute approximate surface area is 319 Å². The summed E-state index contributed by atoms with van der Waals surface area (Å²) in [5.41, 5.74) is 7.07. The van der Waals surface area contributed by atoms with Gasteiger partial charge in [0.2, 0.25) is 0 Å². The van der Waals surface area contributed by atoms with Gasteiger partial charge in [0.15, 0.2) is 0 Å². The van der Waals surface area contributed by atoms with Crippen LogP contribution in [0.15, 0.2) is 103 Å². The minimum atomic E-state index is -0.581. The molecule has 0 radical (unpaired) electrons. The minimum absolute atomic E-state index is 0.448. The predicted octanol–water partition coefficient (Wildman–Crippen LogP) is 14.3. The molecule has 0 saturated heterocycles. The smallest absolute Gasteiger partial charge is 0.346 e. The van der Waals surface area contributed by atoms with E-state index in [9.17, 15) is 9.59 Å². The van der Waals surface area contributed by atoms with Crippen molar-refractivity contribution in [1.29, 1.82) is 0 Å². The fraction of sp³-hybridized carbons (Fsp3) is 0.320. The Bertz CT molecular complexity index is 2300. The molecule has 1 aliphatic heterocycles. The molecule has 0 aliphatic carbocycles. The lowest BCUT2D eigenvalue weighted by atomic mass is 9.85. The molecule has 274 valence electrons. The summed E-state index contributed by atoms with van der Waals surface area (Å²) in [7, 11) is 0. The molecule has 1 heterocycles. The van der Waals surface area contributed by atoms with Crippen LogP contribution in [0.5, 0.6) is 0 Å². The highest BCUT2D eigenvalue weighted by atomic mass is 16.6. The number of carbonyl (C=O) groups is 2. The van der Waals surface area contributed by atoms with Crippen LogP contribution in [0.25, 0.3) is 43.1 Å². The van der Waals surface area contributed by atoms with Crippen molar-refractivity contribution in [1.82, 2.24) is 0 Å². The van der Waals surface area contributed by atoms with Crippen LogP contribution >= 0.6 is 0 Å². The van der Waals surface area contributed by atoms with Crippen molar-refractivity contribution in [3.8, 4) is 0 Å². The van der Waals surface area contributed by atoms with Crippen LogP contribution in [-0.2, 0) is 17.6 Å². The third-order valence-electron chi connectivity index (χ3n) is 11.7. The van der Waals surface area contributed by atoms with Crippen molar-refractivity contribution in [2.45, 2.75) is 104 Å². The van der Waals surface area contributed by atoms with Crippen LogP contribution in [0.3, 0.4) is 0 Å². The van der Waals surface area contributed by atoms with Gasteiger partial charge in [-0.2, -0.15) is 0 Å². The number of rotatable bonds is 17. The van der Waals surface area contributed by atoms with E-state index in [1.54, 1.807) is 0 Å². The van der Waals surface area contributed by atoms with Crippen molar-refractivity contribution in [3.05, 3.63) is 125 Å². The van der Waals surface area contributed by atoms with Gasteiger partial charge in [0.05, 0.1) is 16.8 Å². The molecule has 0 amide bonds. The molecule has 4 nitrogen and oxygen atoms in total. The summed E-state index contributed by atoms with van der Waals surface area (Å²) in [6, 6.07) is 37.1. The molecular weight excluding hydrogens is 663 g/mol. The SMILES string of the molecule is CCCCCCCCc1ccc(N(c2ccc(CCCCCCCC)cc2)c2ccc3c4ccc5c6c(ccc(c7cccc2c73)c64)C(=O)OC5=O)cc1. The summed E-state index contributed by atoms with van der Waals surface area (Å²) in [6.45, 7) is 4.55. The van der Waals surface area contributed by atoms with Crippen molar-refractivity contribution in [2.75, 3.05) is 4.90 Å². The van der Waals surface area contributed by atoms with Gasteiger partial charge < -0.3 is 9.64 Å². The number of anilines is 3. The Hall–Kier alpha value is -5.22. The van der Waals surface area contributed by atoms with Gasteiger partial charge in [0.25, 0.3) is 0 Å². The fourth-order valence-corrected chi connectivity index (χ4v) is 8.78. The lowest BCUT2D eigenvalue weighted by molar-refractivity contribution is 0.0391. The molecule has 0 atom stereocenters. The first kappa shape index (κ1) is 35.8. The summed E-state index contributed by atoms with van der Waals surface area (Å²) >= 11 is 0. The molecule has 0 saturated carbocycles. The van der Waals surface area contributed by atoms with Gasteiger partial charge in [0.1, 0.15) is 0 Å². The second kappa shape index (κ2) is 16.0. The number of hydrogen-bond donors (Lipinski definition) is 0. The van der Waals surface area contributed by atoms with Gasteiger partial charge >= 0.3 is 11.9 Å². The van der Waals surface area contributed by atoms with Crippen molar-refractivity contribution >= 4 is 72.1 Å². The molecule has 54 heavy (non-hydrogen) atoms. The number of nitrogens with zero attached hydrogens (tertiary/aromatic N) is 1. The van der Waals surface area contributed by atoms with E-state index in [1.807, 2.05) is 24.3 Å². The van der Waals surface area contributed by atoms with E-state index in [0.717, 1.165) is 62.2 Å². The first-order valence-corrected chi connectivity index (χ1v) is 20.5. The second-order valence-electron chi connectivity index (χ2n) is 15.3. The molecule has 7 aromatic rings. The van der Waals surface area contributed by atoms with Gasteiger partial charge in [-0.05, 0) is 112 Å². The lowest BCUT2D eigenvalue weighted by Crippen LogP contribution is -2.19. The molecular formula is C50H51NO3. The summed E-state index contributed by atoms with van der Waals surface area (Å²) in [6.07, 6.45) is 17.8. The lowest BCUT2D eigenvalue weighted by Gasteiger charge is -2.28. The van der Waals surface area contributed by atoms with Gasteiger partial charge in [0, 0.05) is 22.1 Å². The number of aryl methyl sites for hydroxylation is 2. The average Bonchev–Trinajstić information content (AvgIpc) is 3.20. The number of cyclic esters (lactones) is 2. The Balaban J connectivity index is 1.20. The monoisotopic (exact) mass is 713 g/mol. The van der Waals surface area contributed by atoms with E-state index < -0.39 is 11.9 Å². The van der Waals surface area contributed by atoms with Gasteiger partial charge in [-0.15, -0.1) is 0 Å². The van der Waals surface area contributed by atoms with Crippen LogP contribution in [0, 0.1) is 0 Å². The summed E-state index contributed by atoms with van der Waals surface area (Å²) in [5.74, 6) is -1.16. The fourth-order valence-electron chi connectivity index (χ4n) is 8.78. The molecule has 0 unspecified atom stereocenters. The number of esters is 2. The largest absolute Gasteiger partial charge is 0.386 e. The maximum absolute atomic E-state index is 12.8. The van der Waals surface area contributed by atoms with Crippen molar-refractivity contribution in [2.24, 2.45) is 0 Å². The highest BCUT2D eigenvalue weighted by molar-refractivity contribution is 6.38. The number of carbonyl (C=O) groups excluding carboxylic acids is 2. The molecule has 8 rings (SSSR count).